The highest BCUT2D eigenvalue weighted by atomic mass is 16.5. The molecule has 0 unspecified atom stereocenters. The number of methoxy groups -OCH3 is 1. The highest BCUT2D eigenvalue weighted by molar-refractivity contribution is 6.32. The Bertz CT molecular complexity index is 485. The molecular formula is C10H8BNO2. The minimum atomic E-state index is 0.456. The first-order valence-corrected chi connectivity index (χ1v) is 4.17. The quantitative estimate of drug-likeness (QED) is 0.363. The van der Waals surface area contributed by atoms with E-state index in [0.717, 1.165) is 10.1 Å². The summed E-state index contributed by atoms with van der Waals surface area (Å²) in [5.41, 5.74) is 1.01. The third-order valence-electron chi connectivity index (χ3n) is 2.06. The fourth-order valence-corrected chi connectivity index (χ4v) is 1.39. The Labute approximate surface area is 82.9 Å². The fraction of sp³-hybridized carbons (Fsp3) is 0.100. The van der Waals surface area contributed by atoms with E-state index in [9.17, 15) is 5.21 Å². The molecule has 0 saturated carbocycles. The van der Waals surface area contributed by atoms with Crippen LogP contribution in [-0.2, 0) is 0 Å². The Kier molecular flexibility index (Phi) is 2.04. The fourth-order valence-electron chi connectivity index (χ4n) is 1.39. The first kappa shape index (κ1) is 8.87. The van der Waals surface area contributed by atoms with Crippen LogP contribution < -0.4 is 14.9 Å². The van der Waals surface area contributed by atoms with Crippen LogP contribution in [0.25, 0.3) is 10.9 Å². The van der Waals surface area contributed by atoms with Gasteiger partial charge in [-0.05, 0) is 23.7 Å². The molecule has 14 heavy (non-hydrogen) atoms. The lowest BCUT2D eigenvalue weighted by molar-refractivity contribution is -0.576. The van der Waals surface area contributed by atoms with Gasteiger partial charge in [-0.25, -0.2) is 0 Å². The van der Waals surface area contributed by atoms with Crippen molar-refractivity contribution in [2.24, 2.45) is 0 Å². The summed E-state index contributed by atoms with van der Waals surface area (Å²) >= 11 is 0. The van der Waals surface area contributed by atoms with Gasteiger partial charge in [-0.3, -0.25) is 0 Å². The largest absolute Gasteiger partial charge is 0.618 e. The first-order chi connectivity index (χ1) is 6.70. The van der Waals surface area contributed by atoms with Crippen molar-refractivity contribution >= 4 is 24.2 Å². The second kappa shape index (κ2) is 3.22. The number of pyridine rings is 1. The molecule has 0 spiro atoms. The topological polar surface area (TPSA) is 36.2 Å². The molecule has 68 valence electrons. The number of fused-ring (bicyclic) bond motifs is 1. The second-order valence-electron chi connectivity index (χ2n) is 3.02. The van der Waals surface area contributed by atoms with Crippen LogP contribution in [0.1, 0.15) is 0 Å². The van der Waals surface area contributed by atoms with E-state index < -0.39 is 0 Å². The molecule has 0 aliphatic carbocycles. The summed E-state index contributed by atoms with van der Waals surface area (Å²) in [6, 6.07) is 7.03. The van der Waals surface area contributed by atoms with Crippen molar-refractivity contribution in [1.29, 1.82) is 0 Å². The van der Waals surface area contributed by atoms with Gasteiger partial charge in [0.05, 0.1) is 13.2 Å². The van der Waals surface area contributed by atoms with Gasteiger partial charge in [-0.1, -0.05) is 0 Å². The van der Waals surface area contributed by atoms with Crippen molar-refractivity contribution in [2.75, 3.05) is 7.11 Å². The molecule has 1 aromatic carbocycles. The number of aromatic nitrogens is 1. The average molecular weight is 185 g/mol. The standard InChI is InChI=1S/C10H8BNO2/c1-14-9-3-2-7-4-8(11)6-12(13)10(7)5-9/h2-6H,1H3. The molecule has 0 aliphatic heterocycles. The number of nitrogens with zero attached hydrogens (tertiary/aromatic N) is 1. The van der Waals surface area contributed by atoms with Crippen molar-refractivity contribution in [3.8, 4) is 5.75 Å². The van der Waals surface area contributed by atoms with Crippen molar-refractivity contribution in [3.63, 3.8) is 0 Å². The van der Waals surface area contributed by atoms with Gasteiger partial charge in [-0.2, -0.15) is 4.73 Å². The summed E-state index contributed by atoms with van der Waals surface area (Å²) in [6.45, 7) is 0. The van der Waals surface area contributed by atoms with Gasteiger partial charge >= 0.3 is 0 Å². The number of hydrogen-bond donors (Lipinski definition) is 0. The Balaban J connectivity index is 2.75. The molecular weight excluding hydrogens is 177 g/mol. The smallest absolute Gasteiger partial charge is 0.227 e. The van der Waals surface area contributed by atoms with E-state index in [2.05, 4.69) is 0 Å². The third kappa shape index (κ3) is 1.39. The molecule has 2 aromatic rings. The van der Waals surface area contributed by atoms with Crippen LogP contribution in [0.3, 0.4) is 0 Å². The minimum absolute atomic E-state index is 0.456. The molecule has 0 fully saturated rings. The number of rotatable bonds is 1. The number of benzene rings is 1. The van der Waals surface area contributed by atoms with Crippen LogP contribution in [-0.4, -0.2) is 15.0 Å². The summed E-state index contributed by atoms with van der Waals surface area (Å²) in [5.74, 6) is 0.659. The predicted molar refractivity (Wildman–Crippen MR) is 54.8 cm³/mol. The SMILES string of the molecule is [B]c1cc2ccc(OC)cc2[n+]([O-])c1. The molecule has 2 rings (SSSR count). The molecule has 0 aliphatic rings. The van der Waals surface area contributed by atoms with Crippen LogP contribution >= 0.6 is 0 Å². The van der Waals surface area contributed by atoms with Gasteiger partial charge in [0.2, 0.25) is 5.52 Å². The van der Waals surface area contributed by atoms with Gasteiger partial charge in [0.1, 0.15) is 13.6 Å². The van der Waals surface area contributed by atoms with E-state index in [0.29, 0.717) is 16.7 Å². The van der Waals surface area contributed by atoms with Crippen molar-refractivity contribution in [2.45, 2.75) is 0 Å². The Morgan fingerprint density at radius 2 is 2.14 bits per heavy atom. The van der Waals surface area contributed by atoms with E-state index in [4.69, 9.17) is 12.6 Å². The van der Waals surface area contributed by atoms with Crippen molar-refractivity contribution in [3.05, 3.63) is 35.7 Å². The van der Waals surface area contributed by atoms with Gasteiger partial charge in [0.15, 0.2) is 6.20 Å². The van der Waals surface area contributed by atoms with Crippen LogP contribution in [0.5, 0.6) is 5.75 Å². The lowest BCUT2D eigenvalue weighted by Crippen LogP contribution is -2.31. The van der Waals surface area contributed by atoms with Crippen LogP contribution in [0.4, 0.5) is 0 Å². The summed E-state index contributed by atoms with van der Waals surface area (Å²) in [5, 5.41) is 12.3. The van der Waals surface area contributed by atoms with Crippen LogP contribution in [0, 0.1) is 5.21 Å². The molecule has 3 nitrogen and oxygen atoms in total. The molecule has 4 heteroatoms. The number of hydrogen-bond acceptors (Lipinski definition) is 2. The lowest BCUT2D eigenvalue weighted by Gasteiger charge is -2.04. The van der Waals surface area contributed by atoms with Gasteiger partial charge in [-0.15, -0.1) is 0 Å². The molecule has 2 radical (unpaired) electrons. The predicted octanol–water partition coefficient (Wildman–Crippen LogP) is 0.276. The van der Waals surface area contributed by atoms with Crippen molar-refractivity contribution in [1.82, 2.24) is 0 Å². The number of ether oxygens (including phenoxy) is 1. The van der Waals surface area contributed by atoms with E-state index in [1.54, 1.807) is 31.4 Å². The van der Waals surface area contributed by atoms with Crippen molar-refractivity contribution < 1.29 is 9.47 Å². The second-order valence-corrected chi connectivity index (χ2v) is 3.02. The van der Waals surface area contributed by atoms with E-state index in [1.165, 1.54) is 6.20 Å². The monoisotopic (exact) mass is 185 g/mol. The van der Waals surface area contributed by atoms with Crippen LogP contribution in [0.15, 0.2) is 30.5 Å². The Morgan fingerprint density at radius 1 is 1.36 bits per heavy atom. The molecule has 0 N–H and O–H groups in total. The maximum atomic E-state index is 11.4. The third-order valence-corrected chi connectivity index (χ3v) is 2.06. The molecule has 0 amide bonds. The van der Waals surface area contributed by atoms with Gasteiger partial charge in [0, 0.05) is 5.39 Å². The van der Waals surface area contributed by atoms with Gasteiger partial charge < -0.3 is 9.94 Å². The average Bonchev–Trinajstić information content (AvgIpc) is 2.17. The summed E-state index contributed by atoms with van der Waals surface area (Å²) in [7, 11) is 7.11. The Hall–Kier alpha value is -1.71. The molecule has 1 heterocycles. The van der Waals surface area contributed by atoms with E-state index in [1.807, 2.05) is 0 Å². The zero-order chi connectivity index (χ0) is 10.1. The van der Waals surface area contributed by atoms with E-state index >= 15 is 0 Å². The summed E-state index contributed by atoms with van der Waals surface area (Å²) < 4.78 is 5.77. The highest BCUT2D eigenvalue weighted by Crippen LogP contribution is 2.16. The zero-order valence-corrected chi connectivity index (χ0v) is 7.73. The molecule has 0 saturated heterocycles. The normalized spacial score (nSPS) is 10.4. The Morgan fingerprint density at radius 3 is 2.86 bits per heavy atom. The maximum Gasteiger partial charge on any atom is 0.227 e. The lowest BCUT2D eigenvalue weighted by atomic mass is 9.97. The molecule has 1 aromatic heterocycles. The summed E-state index contributed by atoms with van der Waals surface area (Å²) in [6.07, 6.45) is 1.34. The van der Waals surface area contributed by atoms with Crippen LogP contribution in [0.2, 0.25) is 0 Å². The highest BCUT2D eigenvalue weighted by Gasteiger charge is 2.05. The minimum Gasteiger partial charge on any atom is -0.618 e. The summed E-state index contributed by atoms with van der Waals surface area (Å²) in [4.78, 5) is 0. The van der Waals surface area contributed by atoms with E-state index in [-0.39, 0.29) is 0 Å². The zero-order valence-electron chi connectivity index (χ0n) is 7.73. The molecule has 0 atom stereocenters. The van der Waals surface area contributed by atoms with Gasteiger partial charge in [0.25, 0.3) is 0 Å². The first-order valence-electron chi connectivity index (χ1n) is 4.17. The molecule has 0 bridgehead atoms. The maximum absolute atomic E-state index is 11.4.